The molecule has 0 radical (unpaired) electrons. The number of hydrogen-bond acceptors (Lipinski definition) is 6. The van der Waals surface area contributed by atoms with Crippen LogP contribution in [0.2, 0.25) is 0 Å². The topological polar surface area (TPSA) is 84.6 Å². The van der Waals surface area contributed by atoms with Gasteiger partial charge in [-0.15, -0.1) is 0 Å². The van der Waals surface area contributed by atoms with E-state index in [1.54, 1.807) is 33.4 Å². The zero-order chi connectivity index (χ0) is 23.4. The highest BCUT2D eigenvalue weighted by molar-refractivity contribution is 6.04. The first-order valence-corrected chi connectivity index (χ1v) is 10.5. The van der Waals surface area contributed by atoms with Crippen LogP contribution in [-0.4, -0.2) is 55.2 Å². The predicted octanol–water partition coefficient (Wildman–Crippen LogP) is 3.75. The first kappa shape index (κ1) is 22.1. The van der Waals surface area contributed by atoms with E-state index in [4.69, 9.17) is 13.9 Å². The Morgan fingerprint density at radius 1 is 1.09 bits per heavy atom. The van der Waals surface area contributed by atoms with Gasteiger partial charge in [-0.3, -0.25) is 9.59 Å². The molecule has 2 aromatic carbocycles. The van der Waals surface area contributed by atoms with E-state index in [0.717, 1.165) is 16.8 Å². The largest absolute Gasteiger partial charge is 0.497 e. The lowest BCUT2D eigenvalue weighted by atomic mass is 9.97. The Morgan fingerprint density at radius 2 is 1.91 bits per heavy atom. The van der Waals surface area contributed by atoms with Gasteiger partial charge in [0.05, 0.1) is 32.2 Å². The molecule has 0 fully saturated rings. The molecule has 0 unspecified atom stereocenters. The summed E-state index contributed by atoms with van der Waals surface area (Å²) in [6, 6.07) is 17.9. The molecular weight excluding hydrogens is 422 g/mol. The molecule has 0 spiro atoms. The number of carbonyl (C=O) groups is 2. The molecule has 2 amide bonds. The van der Waals surface area contributed by atoms with Crippen molar-refractivity contribution < 1.29 is 23.5 Å². The van der Waals surface area contributed by atoms with E-state index in [0.29, 0.717) is 17.9 Å². The number of para-hydroxylation sites is 1. The molecule has 8 heteroatoms. The number of rotatable bonds is 7. The molecule has 0 aliphatic carbocycles. The zero-order valence-electron chi connectivity index (χ0n) is 18.7. The molecule has 0 bridgehead atoms. The van der Waals surface area contributed by atoms with Crippen LogP contribution in [0.1, 0.15) is 34.1 Å². The van der Waals surface area contributed by atoms with Gasteiger partial charge in [-0.1, -0.05) is 30.3 Å². The number of benzene rings is 2. The fourth-order valence-electron chi connectivity index (χ4n) is 3.84. The third-order valence-corrected chi connectivity index (χ3v) is 5.52. The predicted molar refractivity (Wildman–Crippen MR) is 122 cm³/mol. The highest BCUT2D eigenvalue weighted by Gasteiger charge is 2.35. The van der Waals surface area contributed by atoms with Gasteiger partial charge in [-0.2, -0.15) is 5.10 Å². The molecule has 1 atom stereocenters. The van der Waals surface area contributed by atoms with E-state index in [1.165, 1.54) is 16.2 Å². The maximum atomic E-state index is 13.3. The Hall–Kier alpha value is -4.07. The van der Waals surface area contributed by atoms with Crippen molar-refractivity contribution in [2.45, 2.75) is 12.5 Å². The molecule has 33 heavy (non-hydrogen) atoms. The van der Waals surface area contributed by atoms with Gasteiger partial charge in [0.15, 0.2) is 5.76 Å². The van der Waals surface area contributed by atoms with Gasteiger partial charge in [-0.25, -0.2) is 5.01 Å². The number of ether oxygens (including phenoxy) is 2. The summed E-state index contributed by atoms with van der Waals surface area (Å²) in [5, 5.41) is 6.11. The van der Waals surface area contributed by atoms with Crippen molar-refractivity contribution in [2.75, 3.05) is 27.8 Å². The third-order valence-electron chi connectivity index (χ3n) is 5.52. The van der Waals surface area contributed by atoms with Crippen LogP contribution in [0.3, 0.4) is 0 Å². The fourth-order valence-corrected chi connectivity index (χ4v) is 3.84. The minimum atomic E-state index is -0.376. The van der Waals surface area contributed by atoms with Gasteiger partial charge in [-0.05, 0) is 30.3 Å². The molecular formula is C25H25N3O5. The molecule has 2 heterocycles. The van der Waals surface area contributed by atoms with Crippen LogP contribution in [0.5, 0.6) is 11.5 Å². The minimum Gasteiger partial charge on any atom is -0.497 e. The molecule has 1 aliphatic heterocycles. The molecule has 170 valence electrons. The van der Waals surface area contributed by atoms with Crippen molar-refractivity contribution in [1.82, 2.24) is 9.91 Å². The highest BCUT2D eigenvalue weighted by atomic mass is 16.5. The molecule has 3 aromatic rings. The third kappa shape index (κ3) is 4.59. The summed E-state index contributed by atoms with van der Waals surface area (Å²) in [5.74, 6) is 0.859. The van der Waals surface area contributed by atoms with Gasteiger partial charge in [0.1, 0.15) is 18.0 Å². The van der Waals surface area contributed by atoms with Gasteiger partial charge < -0.3 is 18.8 Å². The van der Waals surface area contributed by atoms with Crippen molar-refractivity contribution >= 4 is 17.5 Å². The Bertz CT molecular complexity index is 1170. The quantitative estimate of drug-likeness (QED) is 0.551. The van der Waals surface area contributed by atoms with Crippen LogP contribution in [0, 0.1) is 0 Å². The summed E-state index contributed by atoms with van der Waals surface area (Å²) < 4.78 is 16.1. The molecule has 1 aliphatic rings. The molecule has 0 N–H and O–H groups in total. The number of likely N-dealkylation sites (N-methyl/N-ethyl adjacent to an activating group) is 1. The molecule has 4 rings (SSSR count). The standard InChI is InChI=1S/C25H25N3O5/c1-27(25(30)23-12-7-13-33-23)16-24(29)28-21(19-10-4-5-11-22(19)32-3)15-20(26-28)17-8-6-9-18(14-17)31-2/h4-14,21H,15-16H2,1-3H3/t21-/m1/s1. The molecule has 1 aromatic heterocycles. The van der Waals surface area contributed by atoms with E-state index in [2.05, 4.69) is 5.10 Å². The first-order valence-electron chi connectivity index (χ1n) is 10.5. The second kappa shape index (κ2) is 9.60. The molecule has 0 saturated carbocycles. The fraction of sp³-hybridized carbons (Fsp3) is 0.240. The Balaban J connectivity index is 1.64. The van der Waals surface area contributed by atoms with Crippen LogP contribution in [0.25, 0.3) is 0 Å². The lowest BCUT2D eigenvalue weighted by molar-refractivity contribution is -0.133. The average molecular weight is 447 g/mol. The number of nitrogens with zero attached hydrogens (tertiary/aromatic N) is 3. The number of carbonyl (C=O) groups excluding carboxylic acids is 2. The summed E-state index contributed by atoms with van der Waals surface area (Å²) >= 11 is 0. The van der Waals surface area contributed by atoms with Gasteiger partial charge in [0, 0.05) is 24.6 Å². The monoisotopic (exact) mass is 447 g/mol. The minimum absolute atomic E-state index is 0.153. The Morgan fingerprint density at radius 3 is 2.64 bits per heavy atom. The van der Waals surface area contributed by atoms with Gasteiger partial charge in [0.25, 0.3) is 11.8 Å². The number of amides is 2. The first-order chi connectivity index (χ1) is 16.0. The van der Waals surface area contributed by atoms with Gasteiger partial charge in [0.2, 0.25) is 0 Å². The van der Waals surface area contributed by atoms with Crippen molar-refractivity contribution in [3.05, 3.63) is 83.8 Å². The summed E-state index contributed by atoms with van der Waals surface area (Å²) in [7, 11) is 4.76. The lowest BCUT2D eigenvalue weighted by Gasteiger charge is -2.25. The van der Waals surface area contributed by atoms with Crippen LogP contribution < -0.4 is 9.47 Å². The smallest absolute Gasteiger partial charge is 0.289 e. The number of hydrazone groups is 1. The van der Waals surface area contributed by atoms with Crippen molar-refractivity contribution in [3.63, 3.8) is 0 Å². The van der Waals surface area contributed by atoms with Crippen LogP contribution in [0.15, 0.2) is 76.4 Å². The lowest BCUT2D eigenvalue weighted by Crippen LogP contribution is -2.39. The van der Waals surface area contributed by atoms with Crippen molar-refractivity contribution in [2.24, 2.45) is 5.10 Å². The average Bonchev–Trinajstić information content (AvgIpc) is 3.54. The summed E-state index contributed by atoms with van der Waals surface area (Å²) in [5.41, 5.74) is 2.46. The van der Waals surface area contributed by atoms with E-state index >= 15 is 0 Å². The number of hydrogen-bond donors (Lipinski definition) is 0. The van der Waals surface area contributed by atoms with Crippen LogP contribution in [0.4, 0.5) is 0 Å². The maximum Gasteiger partial charge on any atom is 0.289 e. The van der Waals surface area contributed by atoms with Crippen LogP contribution >= 0.6 is 0 Å². The van der Waals surface area contributed by atoms with E-state index in [1.807, 2.05) is 48.5 Å². The molecule has 0 saturated heterocycles. The van der Waals surface area contributed by atoms with Crippen LogP contribution in [-0.2, 0) is 4.79 Å². The summed E-state index contributed by atoms with van der Waals surface area (Å²) in [4.78, 5) is 27.2. The second-order valence-corrected chi connectivity index (χ2v) is 7.62. The second-order valence-electron chi connectivity index (χ2n) is 7.62. The summed E-state index contributed by atoms with van der Waals surface area (Å²) in [6.45, 7) is -0.153. The number of methoxy groups -OCH3 is 2. The maximum absolute atomic E-state index is 13.3. The highest BCUT2D eigenvalue weighted by Crippen LogP contribution is 2.37. The van der Waals surface area contributed by atoms with E-state index < -0.39 is 0 Å². The SMILES string of the molecule is COc1cccc(C2=NN(C(=O)CN(C)C(=O)c3ccco3)[C@@H](c3ccccc3OC)C2)c1. The van der Waals surface area contributed by atoms with Crippen molar-refractivity contribution in [3.8, 4) is 11.5 Å². The Labute approximate surface area is 192 Å². The summed E-state index contributed by atoms with van der Waals surface area (Å²) in [6.07, 6.45) is 1.92. The van der Waals surface area contributed by atoms with Crippen molar-refractivity contribution in [1.29, 1.82) is 0 Å². The normalized spacial score (nSPS) is 15.2. The van der Waals surface area contributed by atoms with E-state index in [9.17, 15) is 9.59 Å². The van der Waals surface area contributed by atoms with E-state index in [-0.39, 0.29) is 30.2 Å². The zero-order valence-corrected chi connectivity index (χ0v) is 18.7. The molecule has 8 nitrogen and oxygen atoms in total. The number of furan rings is 1. The van der Waals surface area contributed by atoms with Gasteiger partial charge >= 0.3 is 0 Å². The Kier molecular flexibility index (Phi) is 6.44.